The Kier molecular flexibility index (Phi) is 7.56. The van der Waals surface area contributed by atoms with Crippen LogP contribution >= 0.6 is 0 Å². The van der Waals surface area contributed by atoms with Gasteiger partial charge in [0.15, 0.2) is 11.5 Å². The van der Waals surface area contributed by atoms with Crippen LogP contribution in [0.4, 0.5) is 0 Å². The number of unbranched alkanes of at least 4 members (excludes halogenated alkanes) is 3. The minimum atomic E-state index is 0.186. The number of aryl methyl sites for hydroxylation is 1. The largest absolute Gasteiger partial charge is 0.504 e. The molecule has 0 bridgehead atoms. The maximum absolute atomic E-state index is 9.55. The lowest BCUT2D eigenvalue weighted by atomic mass is 10.0. The summed E-state index contributed by atoms with van der Waals surface area (Å²) in [6.07, 6.45) is 11.1. The summed E-state index contributed by atoms with van der Waals surface area (Å²) < 4.78 is 5.11. The molecule has 1 rings (SSSR count). The van der Waals surface area contributed by atoms with Crippen molar-refractivity contribution in [2.24, 2.45) is 0 Å². The molecule has 1 aromatic rings. The highest BCUT2D eigenvalue weighted by Crippen LogP contribution is 2.27. The molecule has 0 aromatic heterocycles. The Hall–Kier alpha value is -1.70. The van der Waals surface area contributed by atoms with Crippen LogP contribution in [-0.4, -0.2) is 12.2 Å². The molecule has 0 fully saturated rings. The third-order valence-corrected chi connectivity index (χ3v) is 3.31. The average Bonchev–Trinajstić information content (AvgIpc) is 2.46. The molecule has 20 heavy (non-hydrogen) atoms. The number of benzene rings is 1. The second-order valence-electron chi connectivity index (χ2n) is 5.06. The molecule has 0 saturated carbocycles. The Labute approximate surface area is 122 Å². The number of phenolic OH excluding ortho intramolecular Hbond substituents is 1. The first-order valence-corrected chi connectivity index (χ1v) is 7.37. The smallest absolute Gasteiger partial charge is 0.160 e. The van der Waals surface area contributed by atoms with Gasteiger partial charge in [0, 0.05) is 0 Å². The van der Waals surface area contributed by atoms with Crippen molar-refractivity contribution in [2.45, 2.75) is 45.4 Å². The Bertz CT molecular complexity index is 447. The van der Waals surface area contributed by atoms with E-state index in [4.69, 9.17) is 4.74 Å². The first kappa shape index (κ1) is 16.4. The van der Waals surface area contributed by atoms with Crippen molar-refractivity contribution < 1.29 is 9.84 Å². The van der Waals surface area contributed by atoms with Crippen LogP contribution in [0, 0.1) is 0 Å². The van der Waals surface area contributed by atoms with Crippen molar-refractivity contribution in [1.82, 2.24) is 0 Å². The molecule has 0 radical (unpaired) electrons. The number of allylic oxidation sites excluding steroid dienone is 3. The molecule has 0 aliphatic heterocycles. The Morgan fingerprint density at radius 3 is 2.85 bits per heavy atom. The Balaban J connectivity index is 2.37. The number of rotatable bonds is 9. The molecule has 0 atom stereocenters. The van der Waals surface area contributed by atoms with Gasteiger partial charge in [0.1, 0.15) is 0 Å². The summed E-state index contributed by atoms with van der Waals surface area (Å²) >= 11 is 0. The summed E-state index contributed by atoms with van der Waals surface area (Å²) in [5, 5.41) is 9.55. The zero-order valence-electron chi connectivity index (χ0n) is 12.7. The molecule has 2 heteroatoms. The summed E-state index contributed by atoms with van der Waals surface area (Å²) in [5.41, 5.74) is 2.30. The fourth-order valence-electron chi connectivity index (χ4n) is 2.03. The molecule has 110 valence electrons. The third kappa shape index (κ3) is 5.96. The highest BCUT2D eigenvalue weighted by molar-refractivity contribution is 5.42. The zero-order valence-corrected chi connectivity index (χ0v) is 12.7. The van der Waals surface area contributed by atoms with E-state index in [9.17, 15) is 5.11 Å². The summed E-state index contributed by atoms with van der Waals surface area (Å²) in [6, 6.07) is 5.49. The SMILES string of the molecule is C=C(C=CCCCCC)CCc1ccc(O)c(OC)c1. The van der Waals surface area contributed by atoms with Crippen LogP contribution in [-0.2, 0) is 6.42 Å². The summed E-state index contributed by atoms with van der Waals surface area (Å²) in [7, 11) is 1.57. The molecule has 0 spiro atoms. The van der Waals surface area contributed by atoms with Gasteiger partial charge in [-0.2, -0.15) is 0 Å². The molecule has 0 amide bonds. The number of hydrogen-bond donors (Lipinski definition) is 1. The molecular formula is C18H26O2. The number of aromatic hydroxyl groups is 1. The molecule has 0 aliphatic carbocycles. The topological polar surface area (TPSA) is 29.5 Å². The third-order valence-electron chi connectivity index (χ3n) is 3.31. The second kappa shape index (κ2) is 9.24. The van der Waals surface area contributed by atoms with E-state index in [0.717, 1.165) is 30.4 Å². The van der Waals surface area contributed by atoms with Crippen LogP contribution in [0.3, 0.4) is 0 Å². The minimum Gasteiger partial charge on any atom is -0.504 e. The maximum atomic E-state index is 9.55. The van der Waals surface area contributed by atoms with Gasteiger partial charge in [0.25, 0.3) is 0 Å². The summed E-state index contributed by atoms with van der Waals surface area (Å²) in [6.45, 7) is 6.30. The van der Waals surface area contributed by atoms with Crippen LogP contribution in [0.15, 0.2) is 42.5 Å². The number of phenols is 1. The molecule has 0 heterocycles. The summed E-state index contributed by atoms with van der Waals surface area (Å²) in [4.78, 5) is 0. The normalized spacial score (nSPS) is 10.9. The minimum absolute atomic E-state index is 0.186. The van der Waals surface area contributed by atoms with E-state index in [0.29, 0.717) is 5.75 Å². The highest BCUT2D eigenvalue weighted by Gasteiger charge is 2.02. The lowest BCUT2D eigenvalue weighted by Crippen LogP contribution is -1.90. The van der Waals surface area contributed by atoms with Crippen LogP contribution in [0.25, 0.3) is 0 Å². The molecule has 0 unspecified atom stereocenters. The monoisotopic (exact) mass is 274 g/mol. The first-order valence-electron chi connectivity index (χ1n) is 7.37. The van der Waals surface area contributed by atoms with Gasteiger partial charge in [-0.05, 0) is 43.4 Å². The van der Waals surface area contributed by atoms with Crippen LogP contribution in [0.5, 0.6) is 11.5 Å². The van der Waals surface area contributed by atoms with E-state index >= 15 is 0 Å². The standard InChI is InChI=1S/C18H26O2/c1-4-5-6-7-8-9-15(2)10-11-16-12-13-17(19)18(14-16)20-3/h8-9,12-14,19H,2,4-7,10-11H2,1,3H3. The first-order chi connectivity index (χ1) is 9.67. The molecule has 0 aliphatic rings. The molecule has 1 aromatic carbocycles. The number of methoxy groups -OCH3 is 1. The van der Waals surface area contributed by atoms with Gasteiger partial charge in [-0.3, -0.25) is 0 Å². The van der Waals surface area contributed by atoms with Crippen molar-refractivity contribution in [3.8, 4) is 11.5 Å². The van der Waals surface area contributed by atoms with E-state index in [2.05, 4.69) is 25.7 Å². The van der Waals surface area contributed by atoms with Gasteiger partial charge in [0.05, 0.1) is 7.11 Å². The van der Waals surface area contributed by atoms with Gasteiger partial charge in [-0.1, -0.05) is 50.1 Å². The van der Waals surface area contributed by atoms with Crippen LogP contribution in [0.2, 0.25) is 0 Å². The van der Waals surface area contributed by atoms with Crippen LogP contribution in [0.1, 0.15) is 44.6 Å². The number of ether oxygens (including phenoxy) is 1. The highest BCUT2D eigenvalue weighted by atomic mass is 16.5. The maximum Gasteiger partial charge on any atom is 0.160 e. The van der Waals surface area contributed by atoms with Gasteiger partial charge in [0.2, 0.25) is 0 Å². The summed E-state index contributed by atoms with van der Waals surface area (Å²) in [5.74, 6) is 0.717. The Morgan fingerprint density at radius 2 is 2.15 bits per heavy atom. The van der Waals surface area contributed by atoms with Gasteiger partial charge < -0.3 is 9.84 Å². The van der Waals surface area contributed by atoms with E-state index < -0.39 is 0 Å². The van der Waals surface area contributed by atoms with E-state index in [-0.39, 0.29) is 5.75 Å². The predicted molar refractivity (Wildman–Crippen MR) is 85.4 cm³/mol. The van der Waals surface area contributed by atoms with Crippen LogP contribution < -0.4 is 4.74 Å². The fraction of sp³-hybridized carbons (Fsp3) is 0.444. The average molecular weight is 274 g/mol. The van der Waals surface area contributed by atoms with E-state index in [1.807, 2.05) is 12.1 Å². The van der Waals surface area contributed by atoms with E-state index in [1.54, 1.807) is 13.2 Å². The van der Waals surface area contributed by atoms with Crippen molar-refractivity contribution in [3.63, 3.8) is 0 Å². The Morgan fingerprint density at radius 1 is 1.35 bits per heavy atom. The quantitative estimate of drug-likeness (QED) is 0.505. The van der Waals surface area contributed by atoms with Gasteiger partial charge >= 0.3 is 0 Å². The van der Waals surface area contributed by atoms with Crippen molar-refractivity contribution >= 4 is 0 Å². The van der Waals surface area contributed by atoms with E-state index in [1.165, 1.54) is 19.3 Å². The van der Waals surface area contributed by atoms with Crippen molar-refractivity contribution in [2.75, 3.05) is 7.11 Å². The number of hydrogen-bond acceptors (Lipinski definition) is 2. The molecule has 2 nitrogen and oxygen atoms in total. The molecule has 0 saturated heterocycles. The lowest BCUT2D eigenvalue weighted by molar-refractivity contribution is 0.373. The predicted octanol–water partition coefficient (Wildman–Crippen LogP) is 5.03. The van der Waals surface area contributed by atoms with Gasteiger partial charge in [-0.15, -0.1) is 0 Å². The second-order valence-corrected chi connectivity index (χ2v) is 5.06. The van der Waals surface area contributed by atoms with Gasteiger partial charge in [-0.25, -0.2) is 0 Å². The fourth-order valence-corrected chi connectivity index (χ4v) is 2.03. The van der Waals surface area contributed by atoms with Crippen molar-refractivity contribution in [1.29, 1.82) is 0 Å². The lowest BCUT2D eigenvalue weighted by Gasteiger charge is -2.06. The zero-order chi connectivity index (χ0) is 14.8. The van der Waals surface area contributed by atoms with Crippen molar-refractivity contribution in [3.05, 3.63) is 48.1 Å². The molecular weight excluding hydrogens is 248 g/mol. The molecule has 1 N–H and O–H groups in total.